The number of rotatable bonds is 3. The molecule has 0 saturated carbocycles. The number of nitrogens with zero attached hydrogens (tertiary/aromatic N) is 4. The highest BCUT2D eigenvalue weighted by Crippen LogP contribution is 2.30. The molecule has 4 rings (SSSR count). The van der Waals surface area contributed by atoms with Crippen LogP contribution in [0.5, 0.6) is 0 Å². The molecular weight excluding hydrogens is 332 g/mol. The Labute approximate surface area is 137 Å². The summed E-state index contributed by atoms with van der Waals surface area (Å²) in [6, 6.07) is 9.61. The molecule has 1 aromatic carbocycles. The van der Waals surface area contributed by atoms with Crippen molar-refractivity contribution in [1.29, 1.82) is 0 Å². The number of thiazole rings is 1. The lowest BCUT2D eigenvalue weighted by molar-refractivity contribution is -0.384. The fourth-order valence-electron chi connectivity index (χ4n) is 2.32. The Kier molecular flexibility index (Phi) is 3.21. The van der Waals surface area contributed by atoms with E-state index in [0.717, 1.165) is 0 Å². The van der Waals surface area contributed by atoms with Gasteiger partial charge in [-0.3, -0.25) is 14.9 Å². The zero-order valence-corrected chi connectivity index (χ0v) is 12.8. The molecule has 0 aliphatic carbocycles. The van der Waals surface area contributed by atoms with Crippen LogP contribution in [0.2, 0.25) is 0 Å². The number of nitro groups is 1. The van der Waals surface area contributed by atoms with E-state index in [-0.39, 0.29) is 11.2 Å². The third-order valence-electron chi connectivity index (χ3n) is 3.39. The minimum atomic E-state index is -0.461. The molecule has 0 unspecified atom stereocenters. The lowest BCUT2D eigenvalue weighted by Crippen LogP contribution is -2.23. The number of aromatic nitrogens is 3. The average molecular weight is 340 g/mol. The van der Waals surface area contributed by atoms with Crippen LogP contribution < -0.4 is 10.1 Å². The maximum Gasteiger partial charge on any atom is 0.291 e. The summed E-state index contributed by atoms with van der Waals surface area (Å²) in [6.07, 6.45) is 2.89. The Morgan fingerprint density at radius 3 is 2.88 bits per heavy atom. The molecule has 0 amide bonds. The molecule has 3 heterocycles. The molecular formula is C15H8N4O4S. The van der Waals surface area contributed by atoms with Gasteiger partial charge >= 0.3 is 0 Å². The van der Waals surface area contributed by atoms with Crippen LogP contribution in [-0.4, -0.2) is 19.5 Å². The number of hydrogen-bond donors (Lipinski definition) is 0. The summed E-state index contributed by atoms with van der Waals surface area (Å²) in [5.74, 6) is 0.783. The molecule has 0 N–H and O–H groups in total. The second-order valence-electron chi connectivity index (χ2n) is 4.85. The molecule has 0 atom stereocenters. The number of benzene rings is 1. The van der Waals surface area contributed by atoms with Crippen LogP contribution in [0.15, 0.2) is 51.9 Å². The van der Waals surface area contributed by atoms with E-state index in [1.54, 1.807) is 36.4 Å². The van der Waals surface area contributed by atoms with Crippen molar-refractivity contribution in [2.75, 3.05) is 0 Å². The molecule has 9 heteroatoms. The first kappa shape index (κ1) is 14.3. The molecule has 118 valence electrons. The molecule has 8 nitrogen and oxygen atoms in total. The maximum absolute atomic E-state index is 12.1. The van der Waals surface area contributed by atoms with Crippen LogP contribution in [0, 0.1) is 10.1 Å². The van der Waals surface area contributed by atoms with Crippen molar-refractivity contribution in [2.24, 2.45) is 0 Å². The molecule has 4 aromatic rings. The second-order valence-corrected chi connectivity index (χ2v) is 5.86. The van der Waals surface area contributed by atoms with Gasteiger partial charge in [-0.15, -0.1) is 0 Å². The van der Waals surface area contributed by atoms with Gasteiger partial charge < -0.3 is 4.42 Å². The third kappa shape index (κ3) is 2.27. The van der Waals surface area contributed by atoms with Gasteiger partial charge in [0, 0.05) is 12.1 Å². The van der Waals surface area contributed by atoms with Crippen LogP contribution in [-0.2, 0) is 0 Å². The Bertz CT molecular complexity index is 1170. The fraction of sp³-hybridized carbons (Fsp3) is 0. The first-order valence-corrected chi connectivity index (χ1v) is 7.63. The number of nitro benzene ring substituents is 1. The summed E-state index contributed by atoms with van der Waals surface area (Å²) >= 11 is 1.19. The zero-order valence-electron chi connectivity index (χ0n) is 11.9. The average Bonchev–Trinajstić information content (AvgIpc) is 3.28. The molecule has 0 saturated heterocycles. The monoisotopic (exact) mass is 340 g/mol. The van der Waals surface area contributed by atoms with Crippen LogP contribution in [0.1, 0.15) is 5.76 Å². The highest BCUT2D eigenvalue weighted by Gasteiger charge is 2.17. The third-order valence-corrected chi connectivity index (χ3v) is 4.36. The first-order valence-electron chi connectivity index (χ1n) is 6.81. The molecule has 0 aliphatic heterocycles. The maximum atomic E-state index is 12.1. The molecule has 0 bridgehead atoms. The minimum Gasteiger partial charge on any atom is -0.456 e. The van der Waals surface area contributed by atoms with Gasteiger partial charge in [-0.2, -0.15) is 9.61 Å². The van der Waals surface area contributed by atoms with Crippen molar-refractivity contribution in [3.8, 4) is 11.3 Å². The minimum absolute atomic E-state index is 0.0401. The number of furan rings is 1. The SMILES string of the molecule is O=c1/c(=C/c2ccc(-c3ccccc3[N+](=O)[O-])o2)sc2ncnn12. The number of hydrogen-bond acceptors (Lipinski definition) is 7. The van der Waals surface area contributed by atoms with Gasteiger partial charge in [-0.05, 0) is 18.2 Å². The van der Waals surface area contributed by atoms with Crippen LogP contribution in [0.25, 0.3) is 22.4 Å². The number of fused-ring (bicyclic) bond motifs is 1. The van der Waals surface area contributed by atoms with Crippen molar-refractivity contribution in [3.05, 3.63) is 73.5 Å². The van der Waals surface area contributed by atoms with Gasteiger partial charge in [-0.25, -0.2) is 4.98 Å². The van der Waals surface area contributed by atoms with E-state index in [2.05, 4.69) is 10.1 Å². The number of para-hydroxylation sites is 1. The summed E-state index contributed by atoms with van der Waals surface area (Å²) < 4.78 is 7.29. The van der Waals surface area contributed by atoms with E-state index in [4.69, 9.17) is 4.42 Å². The van der Waals surface area contributed by atoms with Gasteiger partial charge in [0.15, 0.2) is 0 Å². The van der Waals surface area contributed by atoms with Gasteiger partial charge in [0.1, 0.15) is 22.4 Å². The van der Waals surface area contributed by atoms with Crippen LogP contribution in [0.4, 0.5) is 5.69 Å². The van der Waals surface area contributed by atoms with E-state index in [0.29, 0.717) is 26.6 Å². The lowest BCUT2D eigenvalue weighted by atomic mass is 10.1. The second kappa shape index (κ2) is 5.39. The summed E-state index contributed by atoms with van der Waals surface area (Å²) in [4.78, 5) is 27.2. The summed E-state index contributed by atoms with van der Waals surface area (Å²) in [5, 5.41) is 14.9. The van der Waals surface area contributed by atoms with E-state index < -0.39 is 4.92 Å². The topological polar surface area (TPSA) is 104 Å². The predicted octanol–water partition coefficient (Wildman–Crippen LogP) is 1.87. The van der Waals surface area contributed by atoms with Gasteiger partial charge in [0.25, 0.3) is 11.2 Å². The van der Waals surface area contributed by atoms with Crippen molar-refractivity contribution >= 4 is 28.1 Å². The summed E-state index contributed by atoms with van der Waals surface area (Å²) in [7, 11) is 0. The first-order chi connectivity index (χ1) is 11.6. The van der Waals surface area contributed by atoms with E-state index in [1.165, 1.54) is 28.2 Å². The van der Waals surface area contributed by atoms with Crippen LogP contribution >= 0.6 is 11.3 Å². The Hall–Kier alpha value is -3.33. The molecule has 0 spiro atoms. The van der Waals surface area contributed by atoms with Gasteiger partial charge in [0.2, 0.25) is 4.96 Å². The highest BCUT2D eigenvalue weighted by atomic mass is 32.1. The molecule has 0 radical (unpaired) electrons. The zero-order chi connectivity index (χ0) is 16.7. The van der Waals surface area contributed by atoms with Crippen molar-refractivity contribution < 1.29 is 9.34 Å². The normalized spacial score (nSPS) is 12.1. The molecule has 0 aliphatic rings. The van der Waals surface area contributed by atoms with Gasteiger partial charge in [0.05, 0.1) is 10.5 Å². The standard InChI is InChI=1S/C15H8N4O4S/c20-14-13(24-15-16-8-17-18(14)15)7-9-5-6-12(23-9)10-3-1-2-4-11(10)19(21)22/h1-8H/b13-7-. The van der Waals surface area contributed by atoms with Crippen molar-refractivity contribution in [2.45, 2.75) is 0 Å². The summed E-state index contributed by atoms with van der Waals surface area (Å²) in [6.45, 7) is 0. The Morgan fingerprint density at radius 1 is 1.25 bits per heavy atom. The molecule has 24 heavy (non-hydrogen) atoms. The molecule has 0 fully saturated rings. The van der Waals surface area contributed by atoms with E-state index in [1.807, 2.05) is 0 Å². The van der Waals surface area contributed by atoms with E-state index in [9.17, 15) is 14.9 Å². The molecule has 3 aromatic heterocycles. The fourth-order valence-corrected chi connectivity index (χ4v) is 3.18. The van der Waals surface area contributed by atoms with Crippen LogP contribution in [0.3, 0.4) is 0 Å². The lowest BCUT2D eigenvalue weighted by Gasteiger charge is -1.98. The van der Waals surface area contributed by atoms with Crippen molar-refractivity contribution in [3.63, 3.8) is 0 Å². The van der Waals surface area contributed by atoms with Gasteiger partial charge in [-0.1, -0.05) is 23.5 Å². The quantitative estimate of drug-likeness (QED) is 0.416. The predicted molar refractivity (Wildman–Crippen MR) is 86.7 cm³/mol. The Morgan fingerprint density at radius 2 is 2.08 bits per heavy atom. The van der Waals surface area contributed by atoms with Crippen molar-refractivity contribution in [1.82, 2.24) is 14.6 Å². The highest BCUT2D eigenvalue weighted by molar-refractivity contribution is 7.15. The Balaban J connectivity index is 1.80. The smallest absolute Gasteiger partial charge is 0.291 e. The largest absolute Gasteiger partial charge is 0.456 e. The van der Waals surface area contributed by atoms with E-state index >= 15 is 0 Å². The summed E-state index contributed by atoms with van der Waals surface area (Å²) in [5.41, 5.74) is 0.0602.